The van der Waals surface area contributed by atoms with Crippen LogP contribution in [0.1, 0.15) is 25.7 Å². The molecule has 0 aliphatic heterocycles. The third kappa shape index (κ3) is 6.65. The number of carboxylic acids is 1. The third-order valence-corrected chi connectivity index (χ3v) is 2.99. The number of amides is 2. The number of nitrogens with one attached hydrogen (secondary N) is 2. The highest BCUT2D eigenvalue weighted by Crippen LogP contribution is 2.23. The van der Waals surface area contributed by atoms with E-state index in [2.05, 4.69) is 10.6 Å². The minimum absolute atomic E-state index is 0.183. The van der Waals surface area contributed by atoms with Crippen molar-refractivity contribution >= 4 is 23.4 Å². The van der Waals surface area contributed by atoms with Crippen molar-refractivity contribution in [3.63, 3.8) is 0 Å². The molecule has 0 atom stereocenters. The Bertz CT molecular complexity index is 475. The van der Waals surface area contributed by atoms with E-state index in [9.17, 15) is 9.59 Å². The first-order valence-electron chi connectivity index (χ1n) is 7.03. The van der Waals surface area contributed by atoms with Crippen LogP contribution >= 0.6 is 0 Å². The summed E-state index contributed by atoms with van der Waals surface area (Å²) in [5.74, 6) is -0.777. The van der Waals surface area contributed by atoms with Gasteiger partial charge in [0.15, 0.2) is 0 Å². The van der Waals surface area contributed by atoms with Crippen LogP contribution in [0.2, 0.25) is 0 Å². The maximum absolute atomic E-state index is 11.8. The molecule has 6 nitrogen and oxygen atoms in total. The van der Waals surface area contributed by atoms with E-state index in [1.165, 1.54) is 0 Å². The highest BCUT2D eigenvalue weighted by Gasteiger charge is 2.07. The molecule has 0 spiro atoms. The molecule has 0 saturated carbocycles. The average Bonchev–Trinajstić information content (AvgIpc) is 2.42. The SMILES string of the molecule is CN(C)c1ccccc1NC(=O)NCCCCCC(=O)O. The Hall–Kier alpha value is -2.24. The van der Waals surface area contributed by atoms with Gasteiger partial charge in [-0.25, -0.2) is 4.79 Å². The molecule has 0 radical (unpaired) electrons. The molecule has 2 amide bonds. The molecular weight excluding hydrogens is 270 g/mol. The maximum atomic E-state index is 11.8. The predicted octanol–water partition coefficient (Wildman–Crippen LogP) is 2.52. The Balaban J connectivity index is 2.29. The number of unbranched alkanes of at least 4 members (excludes halogenated alkanes) is 2. The molecule has 1 rings (SSSR count). The Morgan fingerprint density at radius 2 is 1.86 bits per heavy atom. The van der Waals surface area contributed by atoms with E-state index in [1.54, 1.807) is 0 Å². The van der Waals surface area contributed by atoms with Crippen molar-refractivity contribution in [1.82, 2.24) is 5.32 Å². The highest BCUT2D eigenvalue weighted by atomic mass is 16.4. The summed E-state index contributed by atoms with van der Waals surface area (Å²) >= 11 is 0. The number of carboxylic acid groups (broad SMARTS) is 1. The number of hydrogen-bond donors (Lipinski definition) is 3. The molecule has 3 N–H and O–H groups in total. The van der Waals surface area contributed by atoms with Crippen LogP contribution < -0.4 is 15.5 Å². The van der Waals surface area contributed by atoms with Crippen molar-refractivity contribution in [3.05, 3.63) is 24.3 Å². The molecule has 116 valence electrons. The molecular formula is C15H23N3O3. The molecule has 1 aromatic carbocycles. The first-order valence-corrected chi connectivity index (χ1v) is 7.03. The lowest BCUT2D eigenvalue weighted by Crippen LogP contribution is -2.30. The summed E-state index contributed by atoms with van der Waals surface area (Å²) in [6, 6.07) is 7.32. The van der Waals surface area contributed by atoms with Gasteiger partial charge >= 0.3 is 12.0 Å². The molecule has 0 bridgehead atoms. The molecule has 0 aromatic heterocycles. The zero-order chi connectivity index (χ0) is 15.7. The van der Waals surface area contributed by atoms with Gasteiger partial charge in [-0.2, -0.15) is 0 Å². The molecule has 0 aliphatic rings. The van der Waals surface area contributed by atoms with E-state index >= 15 is 0 Å². The Labute approximate surface area is 125 Å². The summed E-state index contributed by atoms with van der Waals surface area (Å²) in [7, 11) is 3.84. The quantitative estimate of drug-likeness (QED) is 0.643. The van der Waals surface area contributed by atoms with Crippen molar-refractivity contribution in [2.45, 2.75) is 25.7 Å². The zero-order valence-electron chi connectivity index (χ0n) is 12.6. The van der Waals surface area contributed by atoms with E-state index in [0.717, 1.165) is 24.2 Å². The summed E-state index contributed by atoms with van der Waals surface area (Å²) in [5.41, 5.74) is 1.69. The number of carbonyl (C=O) groups excluding carboxylic acids is 1. The molecule has 0 heterocycles. The van der Waals surface area contributed by atoms with Crippen LogP contribution in [0.4, 0.5) is 16.2 Å². The molecule has 1 aromatic rings. The largest absolute Gasteiger partial charge is 0.481 e. The van der Waals surface area contributed by atoms with Gasteiger partial charge in [-0.15, -0.1) is 0 Å². The average molecular weight is 293 g/mol. The van der Waals surface area contributed by atoms with E-state index in [4.69, 9.17) is 5.11 Å². The Kier molecular flexibility index (Phi) is 7.08. The lowest BCUT2D eigenvalue weighted by molar-refractivity contribution is -0.137. The summed E-state index contributed by atoms with van der Waals surface area (Å²) in [6.45, 7) is 0.537. The minimum atomic E-state index is -0.777. The van der Waals surface area contributed by atoms with Crippen molar-refractivity contribution in [2.75, 3.05) is 30.9 Å². The number of aliphatic carboxylic acids is 1. The van der Waals surface area contributed by atoms with Crippen LogP contribution in [-0.2, 0) is 4.79 Å². The fourth-order valence-electron chi connectivity index (χ4n) is 1.92. The fraction of sp³-hybridized carbons (Fsp3) is 0.467. The smallest absolute Gasteiger partial charge is 0.319 e. The van der Waals surface area contributed by atoms with Gasteiger partial charge in [0.1, 0.15) is 0 Å². The molecule has 0 aliphatic carbocycles. The first kappa shape index (κ1) is 16.8. The standard InChI is InChI=1S/C15H23N3O3/c1-18(2)13-9-6-5-8-12(13)17-15(21)16-11-7-3-4-10-14(19)20/h5-6,8-9H,3-4,7,10-11H2,1-2H3,(H,19,20)(H2,16,17,21). The number of rotatable bonds is 8. The van der Waals surface area contributed by atoms with Crippen LogP contribution in [0.25, 0.3) is 0 Å². The van der Waals surface area contributed by atoms with E-state index < -0.39 is 5.97 Å². The Morgan fingerprint density at radius 3 is 2.52 bits per heavy atom. The zero-order valence-corrected chi connectivity index (χ0v) is 12.6. The van der Waals surface area contributed by atoms with Crippen molar-refractivity contribution in [2.24, 2.45) is 0 Å². The highest BCUT2D eigenvalue weighted by molar-refractivity contribution is 5.93. The number of hydrogen-bond acceptors (Lipinski definition) is 3. The van der Waals surface area contributed by atoms with Gasteiger partial charge in [-0.05, 0) is 25.0 Å². The number of benzene rings is 1. The molecule has 0 fully saturated rings. The number of urea groups is 1. The van der Waals surface area contributed by atoms with Gasteiger partial charge in [0.05, 0.1) is 11.4 Å². The fourth-order valence-corrected chi connectivity index (χ4v) is 1.92. The minimum Gasteiger partial charge on any atom is -0.481 e. The van der Waals surface area contributed by atoms with E-state index in [0.29, 0.717) is 13.0 Å². The van der Waals surface area contributed by atoms with Gasteiger partial charge < -0.3 is 20.6 Å². The molecule has 21 heavy (non-hydrogen) atoms. The van der Waals surface area contributed by atoms with Crippen molar-refractivity contribution in [1.29, 1.82) is 0 Å². The molecule has 0 unspecified atom stereocenters. The molecule has 6 heteroatoms. The monoisotopic (exact) mass is 293 g/mol. The summed E-state index contributed by atoms with van der Waals surface area (Å²) < 4.78 is 0. The van der Waals surface area contributed by atoms with Gasteiger partial charge in [0.25, 0.3) is 0 Å². The van der Waals surface area contributed by atoms with Crippen molar-refractivity contribution < 1.29 is 14.7 Å². The number of para-hydroxylation sites is 2. The van der Waals surface area contributed by atoms with Gasteiger partial charge in [-0.1, -0.05) is 18.6 Å². The lowest BCUT2D eigenvalue weighted by atomic mass is 10.2. The first-order chi connectivity index (χ1) is 10.0. The van der Waals surface area contributed by atoms with Gasteiger partial charge in [0, 0.05) is 27.1 Å². The second kappa shape index (κ2) is 8.84. The number of nitrogens with zero attached hydrogens (tertiary/aromatic N) is 1. The van der Waals surface area contributed by atoms with Gasteiger partial charge in [-0.3, -0.25) is 4.79 Å². The number of anilines is 2. The summed E-state index contributed by atoms with van der Waals surface area (Å²) in [6.07, 6.45) is 2.39. The maximum Gasteiger partial charge on any atom is 0.319 e. The normalized spacial score (nSPS) is 10.0. The van der Waals surface area contributed by atoms with E-state index in [-0.39, 0.29) is 12.5 Å². The van der Waals surface area contributed by atoms with E-state index in [1.807, 2.05) is 43.3 Å². The lowest BCUT2D eigenvalue weighted by Gasteiger charge is -2.17. The number of carbonyl (C=O) groups is 2. The van der Waals surface area contributed by atoms with Crippen LogP contribution in [-0.4, -0.2) is 37.7 Å². The predicted molar refractivity (Wildman–Crippen MR) is 83.9 cm³/mol. The molecule has 0 saturated heterocycles. The van der Waals surface area contributed by atoms with Crippen LogP contribution in [0.3, 0.4) is 0 Å². The van der Waals surface area contributed by atoms with Crippen LogP contribution in [0, 0.1) is 0 Å². The Morgan fingerprint density at radius 1 is 1.14 bits per heavy atom. The van der Waals surface area contributed by atoms with Gasteiger partial charge in [0.2, 0.25) is 0 Å². The van der Waals surface area contributed by atoms with Crippen LogP contribution in [0.5, 0.6) is 0 Å². The third-order valence-electron chi connectivity index (χ3n) is 2.99. The topological polar surface area (TPSA) is 81.7 Å². The second-order valence-electron chi connectivity index (χ2n) is 5.00. The summed E-state index contributed by atoms with van der Waals surface area (Å²) in [4.78, 5) is 24.1. The van der Waals surface area contributed by atoms with Crippen molar-refractivity contribution in [3.8, 4) is 0 Å². The summed E-state index contributed by atoms with van der Waals surface area (Å²) in [5, 5.41) is 14.1. The van der Waals surface area contributed by atoms with Crippen LogP contribution in [0.15, 0.2) is 24.3 Å². The second-order valence-corrected chi connectivity index (χ2v) is 5.00.